The third kappa shape index (κ3) is 5.43. The van der Waals surface area contributed by atoms with Crippen LogP contribution in [-0.4, -0.2) is 53.6 Å². The van der Waals surface area contributed by atoms with Gasteiger partial charge >= 0.3 is 0 Å². The molecule has 0 saturated carbocycles. The molecule has 1 amide bonds. The Morgan fingerprint density at radius 1 is 1.34 bits per heavy atom. The molecule has 0 fully saturated rings. The summed E-state index contributed by atoms with van der Waals surface area (Å²) < 4.78 is 35.5. The number of rotatable bonds is 10. The molecule has 1 aromatic carbocycles. The molecule has 1 N–H and O–H groups in total. The minimum Gasteiger partial charge on any atom is -0.438 e. The fourth-order valence-electron chi connectivity index (χ4n) is 3.08. The van der Waals surface area contributed by atoms with E-state index in [4.69, 9.17) is 4.74 Å². The van der Waals surface area contributed by atoms with Crippen LogP contribution in [-0.2, 0) is 16.6 Å². The Morgan fingerprint density at radius 2 is 2.00 bits per heavy atom. The second-order valence-electron chi connectivity index (χ2n) is 7.59. The average molecular weight is 468 g/mol. The summed E-state index contributed by atoms with van der Waals surface area (Å²) in [5.41, 5.74) is 0.252. The van der Waals surface area contributed by atoms with Gasteiger partial charge in [-0.2, -0.15) is 5.10 Å². The van der Waals surface area contributed by atoms with E-state index in [1.807, 2.05) is 6.92 Å². The summed E-state index contributed by atoms with van der Waals surface area (Å²) in [7, 11) is -2.44. The summed E-state index contributed by atoms with van der Waals surface area (Å²) in [6.07, 6.45) is 0.784. The van der Waals surface area contributed by atoms with Gasteiger partial charge < -0.3 is 9.64 Å². The lowest BCUT2D eigenvalue weighted by Crippen LogP contribution is -2.30. The molecule has 176 valence electrons. The maximum absolute atomic E-state index is 12.8. The standard InChI is InChI=1S/C20H29N5O6S/c1-7-11-23(6)19(26)18-14(5)20(24(8-2)21-18)31-16-10-9-15(25(27)28)12-17(16)32(29,30)22-13(3)4/h9-10,12-13,22H,7-8,11H2,1-6H3. The summed E-state index contributed by atoms with van der Waals surface area (Å²) >= 11 is 0. The number of aryl methyl sites for hydroxylation is 1. The molecular formula is C20H29N5O6S. The van der Waals surface area contributed by atoms with Gasteiger partial charge in [-0.15, -0.1) is 0 Å². The number of amides is 1. The topological polar surface area (TPSA) is 137 Å². The molecule has 0 atom stereocenters. The molecule has 0 unspecified atom stereocenters. The zero-order valence-corrected chi connectivity index (χ0v) is 19.9. The first-order valence-corrected chi connectivity index (χ1v) is 11.7. The first-order chi connectivity index (χ1) is 14.9. The van der Waals surface area contributed by atoms with E-state index in [0.717, 1.165) is 18.6 Å². The van der Waals surface area contributed by atoms with Crippen molar-refractivity contribution >= 4 is 21.6 Å². The molecule has 1 heterocycles. The minimum atomic E-state index is -4.11. The zero-order chi connectivity index (χ0) is 24.2. The normalized spacial score (nSPS) is 11.6. The smallest absolute Gasteiger partial charge is 0.274 e. The predicted octanol–water partition coefficient (Wildman–Crippen LogP) is 3.08. The number of nitrogens with one attached hydrogen (secondary N) is 1. The van der Waals surface area contributed by atoms with Crippen molar-refractivity contribution in [3.8, 4) is 11.6 Å². The predicted molar refractivity (Wildman–Crippen MR) is 119 cm³/mol. The number of carbonyl (C=O) groups excluding carboxylic acids is 1. The highest BCUT2D eigenvalue weighted by atomic mass is 32.2. The van der Waals surface area contributed by atoms with Gasteiger partial charge in [-0.3, -0.25) is 14.9 Å². The number of non-ortho nitro benzene ring substituents is 1. The molecule has 2 rings (SSSR count). The number of nitro benzene ring substituents is 1. The van der Waals surface area contributed by atoms with E-state index in [-0.39, 0.29) is 33.8 Å². The number of hydrogen-bond acceptors (Lipinski definition) is 7. The van der Waals surface area contributed by atoms with Crippen molar-refractivity contribution in [3.05, 3.63) is 39.6 Å². The Hall–Kier alpha value is -2.99. The lowest BCUT2D eigenvalue weighted by atomic mass is 10.2. The maximum atomic E-state index is 12.8. The number of benzene rings is 1. The van der Waals surface area contributed by atoms with Crippen LogP contribution in [0.5, 0.6) is 11.6 Å². The van der Waals surface area contributed by atoms with Crippen molar-refractivity contribution in [2.45, 2.75) is 58.5 Å². The van der Waals surface area contributed by atoms with Crippen LogP contribution in [0.3, 0.4) is 0 Å². The van der Waals surface area contributed by atoms with Gasteiger partial charge in [0.25, 0.3) is 11.6 Å². The van der Waals surface area contributed by atoms with Crippen molar-refractivity contribution in [1.29, 1.82) is 0 Å². The Bertz CT molecular complexity index is 1110. The molecular weight excluding hydrogens is 438 g/mol. The van der Waals surface area contributed by atoms with Crippen LogP contribution in [0.25, 0.3) is 0 Å². The first kappa shape index (κ1) is 25.3. The molecule has 1 aromatic heterocycles. The summed E-state index contributed by atoms with van der Waals surface area (Å²) in [5, 5.41) is 15.6. The average Bonchev–Trinajstić information content (AvgIpc) is 3.02. The number of ether oxygens (including phenoxy) is 1. The molecule has 0 radical (unpaired) electrons. The number of sulfonamides is 1. The van der Waals surface area contributed by atoms with Crippen molar-refractivity contribution in [2.75, 3.05) is 13.6 Å². The Balaban J connectivity index is 2.59. The van der Waals surface area contributed by atoms with Crippen molar-refractivity contribution < 1.29 is 22.9 Å². The highest BCUT2D eigenvalue weighted by Gasteiger charge is 2.28. The quantitative estimate of drug-likeness (QED) is 0.419. The molecule has 11 nitrogen and oxygen atoms in total. The third-order valence-corrected chi connectivity index (χ3v) is 6.24. The van der Waals surface area contributed by atoms with Crippen LogP contribution in [0.15, 0.2) is 23.1 Å². The van der Waals surface area contributed by atoms with E-state index >= 15 is 0 Å². The van der Waals surface area contributed by atoms with Crippen LogP contribution in [0.4, 0.5) is 5.69 Å². The van der Waals surface area contributed by atoms with Gasteiger partial charge in [0, 0.05) is 43.9 Å². The first-order valence-electron chi connectivity index (χ1n) is 10.2. The molecule has 2 aromatic rings. The number of nitrogens with zero attached hydrogens (tertiary/aromatic N) is 4. The van der Waals surface area contributed by atoms with Gasteiger partial charge in [-0.05, 0) is 40.2 Å². The molecule has 0 aliphatic heterocycles. The van der Waals surface area contributed by atoms with Crippen molar-refractivity contribution in [3.63, 3.8) is 0 Å². The van der Waals surface area contributed by atoms with Gasteiger partial charge in [-0.25, -0.2) is 17.8 Å². The molecule has 12 heteroatoms. The lowest BCUT2D eigenvalue weighted by Gasteiger charge is -2.15. The Kier molecular flexibility index (Phi) is 7.97. The summed E-state index contributed by atoms with van der Waals surface area (Å²) in [6, 6.07) is 2.90. The van der Waals surface area contributed by atoms with Crippen LogP contribution in [0.1, 0.15) is 50.2 Å². The largest absolute Gasteiger partial charge is 0.438 e. The molecule has 32 heavy (non-hydrogen) atoms. The van der Waals surface area contributed by atoms with E-state index in [0.29, 0.717) is 18.7 Å². The number of carbonyl (C=O) groups is 1. The maximum Gasteiger partial charge on any atom is 0.274 e. The zero-order valence-electron chi connectivity index (χ0n) is 19.1. The van der Waals surface area contributed by atoms with Gasteiger partial charge in [0.2, 0.25) is 15.9 Å². The summed E-state index contributed by atoms with van der Waals surface area (Å²) in [4.78, 5) is 24.5. The summed E-state index contributed by atoms with van der Waals surface area (Å²) in [6.45, 7) is 9.61. The Morgan fingerprint density at radius 3 is 2.53 bits per heavy atom. The molecule has 0 spiro atoms. The van der Waals surface area contributed by atoms with E-state index < -0.39 is 21.0 Å². The lowest BCUT2D eigenvalue weighted by molar-refractivity contribution is -0.385. The number of aromatic nitrogens is 2. The van der Waals surface area contributed by atoms with Gasteiger partial charge in [0.1, 0.15) is 10.6 Å². The number of hydrogen-bond donors (Lipinski definition) is 1. The molecule has 0 bridgehead atoms. The highest BCUT2D eigenvalue weighted by molar-refractivity contribution is 7.89. The van der Waals surface area contributed by atoms with Crippen molar-refractivity contribution in [2.24, 2.45) is 0 Å². The van der Waals surface area contributed by atoms with E-state index in [1.54, 1.807) is 39.6 Å². The van der Waals surface area contributed by atoms with E-state index in [2.05, 4.69) is 9.82 Å². The fraction of sp³-hybridized carbons (Fsp3) is 0.500. The van der Waals surface area contributed by atoms with Gasteiger partial charge in [0.15, 0.2) is 5.69 Å². The van der Waals surface area contributed by atoms with E-state index in [1.165, 1.54) is 10.7 Å². The van der Waals surface area contributed by atoms with Gasteiger partial charge in [0.05, 0.1) is 4.92 Å². The molecule has 0 aliphatic rings. The monoisotopic (exact) mass is 467 g/mol. The molecule has 0 saturated heterocycles. The number of nitro groups is 1. The third-order valence-electron chi connectivity index (χ3n) is 4.56. The van der Waals surface area contributed by atoms with E-state index in [9.17, 15) is 23.3 Å². The SMILES string of the molecule is CCCN(C)C(=O)c1nn(CC)c(Oc2ccc([N+](=O)[O-])cc2S(=O)(=O)NC(C)C)c1C. The van der Waals surface area contributed by atoms with Crippen LogP contribution in [0, 0.1) is 17.0 Å². The molecule has 0 aliphatic carbocycles. The minimum absolute atomic E-state index is 0.109. The van der Waals surface area contributed by atoms with Crippen LogP contribution < -0.4 is 9.46 Å². The van der Waals surface area contributed by atoms with Crippen LogP contribution >= 0.6 is 0 Å². The van der Waals surface area contributed by atoms with Gasteiger partial charge in [-0.1, -0.05) is 6.92 Å². The second-order valence-corrected chi connectivity index (χ2v) is 9.27. The Labute approximate surface area is 187 Å². The highest BCUT2D eigenvalue weighted by Crippen LogP contribution is 2.34. The summed E-state index contributed by atoms with van der Waals surface area (Å²) in [5.74, 6) is -0.197. The van der Waals surface area contributed by atoms with Crippen LogP contribution in [0.2, 0.25) is 0 Å². The fourth-order valence-corrected chi connectivity index (χ4v) is 4.48. The second kappa shape index (κ2) is 10.1. The van der Waals surface area contributed by atoms with Crippen molar-refractivity contribution in [1.82, 2.24) is 19.4 Å².